The molecule has 25 heavy (non-hydrogen) atoms. The molecule has 0 aliphatic carbocycles. The minimum absolute atomic E-state index is 0.0588. The lowest BCUT2D eigenvalue weighted by atomic mass is 10.1. The normalized spacial score (nSPS) is 14.6. The predicted molar refractivity (Wildman–Crippen MR) is 90.9 cm³/mol. The fourth-order valence-corrected chi connectivity index (χ4v) is 2.51. The van der Waals surface area contributed by atoms with Gasteiger partial charge in [-0.2, -0.15) is 13.2 Å². The average Bonchev–Trinajstić information content (AvgIpc) is 2.50. The zero-order chi connectivity index (χ0) is 19.3. The molecule has 1 rings (SSSR count). The summed E-state index contributed by atoms with van der Waals surface area (Å²) in [4.78, 5) is 11.9. The molecule has 8 heteroatoms. The molecule has 0 heterocycles. The van der Waals surface area contributed by atoms with E-state index in [4.69, 9.17) is 4.74 Å². The Morgan fingerprint density at radius 2 is 1.80 bits per heavy atom. The summed E-state index contributed by atoms with van der Waals surface area (Å²) in [5, 5.41) is 0. The Morgan fingerprint density at radius 1 is 1.24 bits per heavy atom. The van der Waals surface area contributed by atoms with Crippen molar-refractivity contribution in [3.8, 4) is 0 Å². The first-order valence-corrected chi connectivity index (χ1v) is 8.70. The van der Waals surface area contributed by atoms with Gasteiger partial charge in [-0.25, -0.2) is 13.7 Å². The van der Waals surface area contributed by atoms with E-state index in [1.54, 1.807) is 51.1 Å². The highest BCUT2D eigenvalue weighted by molar-refractivity contribution is 7.84. The zero-order valence-corrected chi connectivity index (χ0v) is 15.2. The van der Waals surface area contributed by atoms with Crippen LogP contribution in [0.2, 0.25) is 0 Å². The summed E-state index contributed by atoms with van der Waals surface area (Å²) in [5.74, 6) is -0.915. The van der Waals surface area contributed by atoms with E-state index in [0.29, 0.717) is 5.56 Å². The summed E-state index contributed by atoms with van der Waals surface area (Å²) < 4.78 is 57.5. The van der Waals surface area contributed by atoms with E-state index in [1.165, 1.54) is 0 Å². The van der Waals surface area contributed by atoms with E-state index in [9.17, 15) is 22.2 Å². The standard InChI is InChI=1S/C17H22F3NO3S/c1-12(15(22)24-11-13-8-6-5-7-9-13)10-14(17(18,19)20)21-25(23)16(2,3)4/h5-9,14,21H,1,10-11H2,2-4H3/t14-,25-/m0/s1. The lowest BCUT2D eigenvalue weighted by Crippen LogP contribution is -2.47. The van der Waals surface area contributed by atoms with E-state index >= 15 is 0 Å². The molecule has 0 saturated heterocycles. The van der Waals surface area contributed by atoms with Crippen molar-refractivity contribution in [3.05, 3.63) is 48.0 Å². The molecule has 140 valence electrons. The van der Waals surface area contributed by atoms with Crippen molar-refractivity contribution < 1.29 is 26.9 Å². The third kappa shape index (κ3) is 7.39. The smallest absolute Gasteiger partial charge is 0.405 e. The first-order valence-electron chi connectivity index (χ1n) is 7.55. The summed E-state index contributed by atoms with van der Waals surface area (Å²) in [6, 6.07) is 6.60. The van der Waals surface area contributed by atoms with Crippen molar-refractivity contribution in [1.29, 1.82) is 0 Å². The number of hydrogen-bond acceptors (Lipinski definition) is 3. The molecule has 0 radical (unpaired) electrons. The molecule has 0 bridgehead atoms. The highest BCUT2D eigenvalue weighted by Crippen LogP contribution is 2.26. The van der Waals surface area contributed by atoms with Gasteiger partial charge in [-0.3, -0.25) is 0 Å². The Morgan fingerprint density at radius 3 is 2.28 bits per heavy atom. The first kappa shape index (κ1) is 21.4. The van der Waals surface area contributed by atoms with Crippen LogP contribution in [0.3, 0.4) is 0 Å². The second-order valence-electron chi connectivity index (χ2n) is 6.46. The Kier molecular flexibility index (Phi) is 7.37. The number of alkyl halides is 3. The number of carbonyl (C=O) groups is 1. The van der Waals surface area contributed by atoms with Gasteiger partial charge >= 0.3 is 12.1 Å². The number of carbonyl (C=O) groups excluding carboxylic acids is 1. The molecular formula is C17H22F3NO3S. The van der Waals surface area contributed by atoms with Gasteiger partial charge in [0.2, 0.25) is 0 Å². The van der Waals surface area contributed by atoms with Gasteiger partial charge in [0.05, 0.1) is 15.7 Å². The van der Waals surface area contributed by atoms with Gasteiger partial charge in [-0.05, 0) is 26.3 Å². The van der Waals surface area contributed by atoms with Gasteiger partial charge in [0, 0.05) is 12.0 Å². The van der Waals surface area contributed by atoms with Crippen molar-refractivity contribution in [3.63, 3.8) is 0 Å². The van der Waals surface area contributed by atoms with Crippen LogP contribution < -0.4 is 4.72 Å². The molecule has 0 aliphatic rings. The summed E-state index contributed by atoms with van der Waals surface area (Å²) in [6.07, 6.45) is -5.41. The van der Waals surface area contributed by atoms with E-state index in [1.807, 2.05) is 4.72 Å². The van der Waals surface area contributed by atoms with E-state index in [0.717, 1.165) is 0 Å². The van der Waals surface area contributed by atoms with Crippen LogP contribution in [0, 0.1) is 0 Å². The molecule has 0 aromatic heterocycles. The SMILES string of the molecule is C=C(C[C@H](N[S@@](=O)C(C)(C)C)C(F)(F)F)C(=O)OCc1ccccc1. The quantitative estimate of drug-likeness (QED) is 0.583. The van der Waals surface area contributed by atoms with Gasteiger partial charge in [0.15, 0.2) is 0 Å². The van der Waals surface area contributed by atoms with Gasteiger partial charge in [0.25, 0.3) is 0 Å². The highest BCUT2D eigenvalue weighted by Gasteiger charge is 2.42. The molecule has 1 aromatic carbocycles. The number of rotatable bonds is 7. The zero-order valence-electron chi connectivity index (χ0n) is 14.4. The summed E-state index contributed by atoms with van der Waals surface area (Å²) in [5.41, 5.74) is 0.375. The van der Waals surface area contributed by atoms with Gasteiger partial charge in [-0.1, -0.05) is 36.9 Å². The monoisotopic (exact) mass is 377 g/mol. The molecule has 0 saturated carbocycles. The van der Waals surface area contributed by atoms with Crippen LogP contribution in [0.25, 0.3) is 0 Å². The third-order valence-electron chi connectivity index (χ3n) is 3.15. The summed E-state index contributed by atoms with van der Waals surface area (Å²) in [6.45, 7) is 7.96. The number of hydrogen-bond donors (Lipinski definition) is 1. The molecular weight excluding hydrogens is 355 g/mol. The van der Waals surface area contributed by atoms with Crippen molar-refractivity contribution >= 4 is 17.0 Å². The molecule has 0 spiro atoms. The second kappa shape index (κ2) is 8.62. The third-order valence-corrected chi connectivity index (χ3v) is 4.76. The maximum absolute atomic E-state index is 13.2. The van der Waals surface area contributed by atoms with Crippen LogP contribution in [0.15, 0.2) is 42.5 Å². The summed E-state index contributed by atoms with van der Waals surface area (Å²) >= 11 is 0. The number of benzene rings is 1. The lowest BCUT2D eigenvalue weighted by molar-refractivity contribution is -0.152. The number of halogens is 3. The molecule has 4 nitrogen and oxygen atoms in total. The largest absolute Gasteiger partial charge is 0.457 e. The van der Waals surface area contributed by atoms with Crippen LogP contribution in [0.5, 0.6) is 0 Å². The van der Waals surface area contributed by atoms with Crippen molar-refractivity contribution in [2.24, 2.45) is 0 Å². The lowest BCUT2D eigenvalue weighted by Gasteiger charge is -2.26. The van der Waals surface area contributed by atoms with E-state index < -0.39 is 40.3 Å². The number of ether oxygens (including phenoxy) is 1. The minimum Gasteiger partial charge on any atom is -0.457 e. The molecule has 0 amide bonds. The Bertz CT molecular complexity index is 624. The van der Waals surface area contributed by atoms with Crippen molar-refractivity contribution in [1.82, 2.24) is 4.72 Å². The minimum atomic E-state index is -4.68. The first-order chi connectivity index (χ1) is 11.4. The Hall–Kier alpha value is -1.67. The van der Waals surface area contributed by atoms with Crippen LogP contribution in [-0.4, -0.2) is 27.1 Å². The van der Waals surface area contributed by atoms with Gasteiger partial charge < -0.3 is 4.74 Å². The molecule has 1 aromatic rings. The Labute approximate surface area is 148 Å². The van der Waals surface area contributed by atoms with Gasteiger partial charge in [0.1, 0.15) is 12.6 Å². The van der Waals surface area contributed by atoms with E-state index in [-0.39, 0.29) is 12.2 Å². The number of nitrogens with one attached hydrogen (secondary N) is 1. The maximum atomic E-state index is 13.2. The fraction of sp³-hybridized carbons (Fsp3) is 0.471. The van der Waals surface area contributed by atoms with Crippen LogP contribution in [0.4, 0.5) is 13.2 Å². The second-order valence-corrected chi connectivity index (χ2v) is 8.46. The topological polar surface area (TPSA) is 55.4 Å². The van der Waals surface area contributed by atoms with E-state index in [2.05, 4.69) is 6.58 Å². The number of esters is 1. The average molecular weight is 377 g/mol. The van der Waals surface area contributed by atoms with Crippen molar-refractivity contribution in [2.75, 3.05) is 0 Å². The Balaban J connectivity index is 2.68. The van der Waals surface area contributed by atoms with Crippen LogP contribution >= 0.6 is 0 Å². The van der Waals surface area contributed by atoms with Gasteiger partial charge in [-0.15, -0.1) is 0 Å². The summed E-state index contributed by atoms with van der Waals surface area (Å²) in [7, 11) is -1.94. The molecule has 1 N–H and O–H groups in total. The maximum Gasteiger partial charge on any atom is 0.405 e. The fourth-order valence-electron chi connectivity index (χ4n) is 1.69. The molecule has 0 unspecified atom stereocenters. The predicted octanol–water partition coefficient (Wildman–Crippen LogP) is 3.66. The van der Waals surface area contributed by atoms with Crippen molar-refractivity contribution in [2.45, 2.75) is 50.8 Å². The molecule has 2 atom stereocenters. The van der Waals surface area contributed by atoms with Crippen LogP contribution in [-0.2, 0) is 27.1 Å². The molecule has 0 aliphatic heterocycles. The highest BCUT2D eigenvalue weighted by atomic mass is 32.2. The molecule has 0 fully saturated rings. The van der Waals surface area contributed by atoms with Crippen LogP contribution in [0.1, 0.15) is 32.8 Å².